The molecule has 5 heteroatoms. The fourth-order valence-corrected chi connectivity index (χ4v) is 1.49. The fraction of sp³-hybridized carbons (Fsp3) is 0.300. The van der Waals surface area contributed by atoms with Crippen molar-refractivity contribution in [3.8, 4) is 0 Å². The highest BCUT2D eigenvalue weighted by Crippen LogP contribution is 2.21. The van der Waals surface area contributed by atoms with Crippen molar-refractivity contribution < 1.29 is 8.78 Å². The third-order valence-electron chi connectivity index (χ3n) is 2.32. The maximum absolute atomic E-state index is 12.6. The average molecular weight is 211 g/mol. The highest BCUT2D eigenvalue weighted by atomic mass is 19.3. The van der Waals surface area contributed by atoms with Gasteiger partial charge in [0.2, 0.25) is 6.43 Å². The smallest absolute Gasteiger partial charge is 0.248 e. The normalized spacial score (nSPS) is 13.6. The predicted octanol–water partition coefficient (Wildman–Crippen LogP) is 1.64. The van der Waals surface area contributed by atoms with Gasteiger partial charge in [0.05, 0.1) is 11.6 Å². The van der Waals surface area contributed by atoms with Gasteiger partial charge >= 0.3 is 0 Å². The molecular formula is C10H11F2N3. The van der Waals surface area contributed by atoms with E-state index in [1.165, 1.54) is 0 Å². The molecule has 2 rings (SSSR count). The minimum Gasteiger partial charge on any atom is -0.330 e. The van der Waals surface area contributed by atoms with Crippen LogP contribution in [-0.2, 0) is 0 Å². The van der Waals surface area contributed by atoms with E-state index in [1.807, 2.05) is 12.1 Å². The number of nitrogens with two attached hydrogens (primary N) is 1. The van der Waals surface area contributed by atoms with Crippen molar-refractivity contribution in [2.45, 2.75) is 12.3 Å². The molecule has 1 atom stereocenters. The van der Waals surface area contributed by atoms with E-state index in [-0.39, 0.29) is 6.54 Å². The molecule has 0 radical (unpaired) electrons. The Balaban J connectivity index is 2.43. The SMILES string of the molecule is NCC(c1cn2ccccc2n1)C(F)F. The third kappa shape index (κ3) is 1.83. The van der Waals surface area contributed by atoms with Gasteiger partial charge < -0.3 is 10.1 Å². The molecule has 2 N–H and O–H groups in total. The lowest BCUT2D eigenvalue weighted by Crippen LogP contribution is -2.19. The van der Waals surface area contributed by atoms with Crippen molar-refractivity contribution in [2.24, 2.45) is 5.73 Å². The zero-order valence-electron chi connectivity index (χ0n) is 7.98. The molecule has 80 valence electrons. The number of hydrogen-bond donors (Lipinski definition) is 1. The molecule has 3 nitrogen and oxygen atoms in total. The molecule has 0 amide bonds. The van der Waals surface area contributed by atoms with E-state index in [2.05, 4.69) is 4.98 Å². The first-order valence-electron chi connectivity index (χ1n) is 4.64. The van der Waals surface area contributed by atoms with Gasteiger partial charge in [-0.3, -0.25) is 0 Å². The van der Waals surface area contributed by atoms with E-state index in [0.29, 0.717) is 11.3 Å². The minimum atomic E-state index is -2.47. The number of hydrogen-bond acceptors (Lipinski definition) is 2. The highest BCUT2D eigenvalue weighted by molar-refractivity contribution is 5.40. The van der Waals surface area contributed by atoms with Gasteiger partial charge in [0, 0.05) is 18.9 Å². The molecule has 0 bridgehead atoms. The molecule has 0 aromatic carbocycles. The summed E-state index contributed by atoms with van der Waals surface area (Å²) in [4.78, 5) is 4.11. The monoisotopic (exact) mass is 211 g/mol. The largest absolute Gasteiger partial charge is 0.330 e. The van der Waals surface area contributed by atoms with Gasteiger partial charge in [-0.2, -0.15) is 0 Å². The first kappa shape index (κ1) is 10.0. The van der Waals surface area contributed by atoms with Gasteiger partial charge in [0.1, 0.15) is 5.65 Å². The van der Waals surface area contributed by atoms with E-state index in [1.54, 1.807) is 22.9 Å². The number of rotatable bonds is 3. The number of nitrogens with zero attached hydrogens (tertiary/aromatic N) is 2. The van der Waals surface area contributed by atoms with Crippen molar-refractivity contribution in [3.05, 3.63) is 36.3 Å². The van der Waals surface area contributed by atoms with Crippen LogP contribution in [0.15, 0.2) is 30.6 Å². The summed E-state index contributed by atoms with van der Waals surface area (Å²) in [5.74, 6) is -0.982. The second-order valence-electron chi connectivity index (χ2n) is 3.31. The molecule has 0 saturated carbocycles. The fourth-order valence-electron chi connectivity index (χ4n) is 1.49. The van der Waals surface area contributed by atoms with Crippen LogP contribution in [0.4, 0.5) is 8.78 Å². The molecule has 15 heavy (non-hydrogen) atoms. The first-order valence-corrected chi connectivity index (χ1v) is 4.64. The quantitative estimate of drug-likeness (QED) is 0.838. The summed E-state index contributed by atoms with van der Waals surface area (Å²) in [6.07, 6.45) is 0.893. The van der Waals surface area contributed by atoms with Crippen LogP contribution in [-0.4, -0.2) is 22.4 Å². The molecule has 0 aliphatic carbocycles. The summed E-state index contributed by atoms with van der Waals surface area (Å²) < 4.78 is 26.9. The summed E-state index contributed by atoms with van der Waals surface area (Å²) in [6.45, 7) is -0.0957. The van der Waals surface area contributed by atoms with Gasteiger partial charge in [-0.1, -0.05) is 6.07 Å². The first-order chi connectivity index (χ1) is 7.22. The van der Waals surface area contributed by atoms with Crippen LogP contribution in [0.3, 0.4) is 0 Å². The van der Waals surface area contributed by atoms with Crippen molar-refractivity contribution in [1.29, 1.82) is 0 Å². The predicted molar refractivity (Wildman–Crippen MR) is 53.0 cm³/mol. The van der Waals surface area contributed by atoms with Crippen LogP contribution in [0, 0.1) is 0 Å². The molecule has 0 aliphatic heterocycles. The Hall–Kier alpha value is -1.49. The lowest BCUT2D eigenvalue weighted by atomic mass is 10.1. The van der Waals surface area contributed by atoms with Crippen LogP contribution in [0.5, 0.6) is 0 Å². The van der Waals surface area contributed by atoms with Gasteiger partial charge in [-0.15, -0.1) is 0 Å². The second-order valence-corrected chi connectivity index (χ2v) is 3.31. The molecule has 2 heterocycles. The van der Waals surface area contributed by atoms with E-state index in [4.69, 9.17) is 5.73 Å². The van der Waals surface area contributed by atoms with Crippen LogP contribution in [0.1, 0.15) is 11.6 Å². The Morgan fingerprint density at radius 2 is 2.20 bits per heavy atom. The second kappa shape index (κ2) is 3.94. The lowest BCUT2D eigenvalue weighted by molar-refractivity contribution is 0.115. The summed E-state index contributed by atoms with van der Waals surface area (Å²) >= 11 is 0. The summed E-state index contributed by atoms with van der Waals surface area (Å²) in [7, 11) is 0. The van der Waals surface area contributed by atoms with Crippen LogP contribution in [0.2, 0.25) is 0 Å². The lowest BCUT2D eigenvalue weighted by Gasteiger charge is -2.09. The molecule has 2 aromatic rings. The van der Waals surface area contributed by atoms with Crippen molar-refractivity contribution in [1.82, 2.24) is 9.38 Å². The maximum atomic E-state index is 12.6. The molecule has 0 saturated heterocycles. The number of halogens is 2. The Bertz CT molecular complexity index is 420. The summed E-state index contributed by atoms with van der Waals surface area (Å²) in [5, 5.41) is 0. The Morgan fingerprint density at radius 3 is 2.80 bits per heavy atom. The molecule has 0 spiro atoms. The Labute approximate surface area is 85.5 Å². The molecule has 0 fully saturated rings. The number of pyridine rings is 1. The Kier molecular flexibility index (Phi) is 2.64. The number of imidazole rings is 1. The van der Waals surface area contributed by atoms with E-state index < -0.39 is 12.3 Å². The summed E-state index contributed by atoms with van der Waals surface area (Å²) in [5.41, 5.74) is 6.30. The van der Waals surface area contributed by atoms with Crippen LogP contribution < -0.4 is 5.73 Å². The third-order valence-corrected chi connectivity index (χ3v) is 2.32. The van der Waals surface area contributed by atoms with Crippen LogP contribution >= 0.6 is 0 Å². The Morgan fingerprint density at radius 1 is 1.40 bits per heavy atom. The standard InChI is InChI=1S/C10H11F2N3/c11-10(12)7(5-13)8-6-15-4-2-1-3-9(15)14-8/h1-4,6-7,10H,5,13H2. The zero-order valence-corrected chi connectivity index (χ0v) is 7.98. The maximum Gasteiger partial charge on any atom is 0.248 e. The topological polar surface area (TPSA) is 43.3 Å². The van der Waals surface area contributed by atoms with Gasteiger partial charge in [0.15, 0.2) is 0 Å². The van der Waals surface area contributed by atoms with Gasteiger partial charge in [0.25, 0.3) is 0 Å². The molecule has 0 aliphatic rings. The minimum absolute atomic E-state index is 0.0957. The van der Waals surface area contributed by atoms with E-state index in [0.717, 1.165) is 0 Å². The van der Waals surface area contributed by atoms with Crippen molar-refractivity contribution in [3.63, 3.8) is 0 Å². The number of fused-ring (bicyclic) bond motifs is 1. The van der Waals surface area contributed by atoms with E-state index >= 15 is 0 Å². The van der Waals surface area contributed by atoms with Crippen molar-refractivity contribution >= 4 is 5.65 Å². The molecular weight excluding hydrogens is 200 g/mol. The van der Waals surface area contributed by atoms with Crippen LogP contribution in [0.25, 0.3) is 5.65 Å². The summed E-state index contributed by atoms with van der Waals surface area (Å²) in [6, 6.07) is 5.40. The average Bonchev–Trinajstić information content (AvgIpc) is 2.61. The molecule has 2 aromatic heterocycles. The van der Waals surface area contributed by atoms with Crippen molar-refractivity contribution in [2.75, 3.05) is 6.54 Å². The number of aromatic nitrogens is 2. The van der Waals surface area contributed by atoms with Gasteiger partial charge in [-0.05, 0) is 12.1 Å². The number of alkyl halides is 2. The highest BCUT2D eigenvalue weighted by Gasteiger charge is 2.23. The molecule has 1 unspecified atom stereocenters. The zero-order chi connectivity index (χ0) is 10.8. The van der Waals surface area contributed by atoms with E-state index in [9.17, 15) is 8.78 Å². The van der Waals surface area contributed by atoms with Gasteiger partial charge in [-0.25, -0.2) is 13.8 Å².